The summed E-state index contributed by atoms with van der Waals surface area (Å²) >= 11 is 0. The maximum absolute atomic E-state index is 6.58. The zero-order chi connectivity index (χ0) is 32.5. The molecule has 0 N–H and O–H groups in total. The molecule has 0 aliphatic carbocycles. The molecule has 0 aliphatic rings. The molecule has 3 aromatic heterocycles. The topological polar surface area (TPSA) is 44.9 Å². The quantitative estimate of drug-likeness (QED) is 0.153. The van der Waals surface area contributed by atoms with Gasteiger partial charge in [0.15, 0.2) is 0 Å². The van der Waals surface area contributed by atoms with Gasteiger partial charge in [0.25, 0.3) is 0 Å². The lowest BCUT2D eigenvalue weighted by Gasteiger charge is -2.11. The Kier molecular flexibility index (Phi) is 8.38. The number of nitrogens with zero attached hydrogens (tertiary/aromatic N) is 4. The fourth-order valence-electron chi connectivity index (χ4n) is 6.81. The lowest BCUT2D eigenvalue weighted by Crippen LogP contribution is -2.00. The normalized spacial score (nSPS) is 11.6. The molecule has 0 saturated carbocycles. The lowest BCUT2D eigenvalue weighted by molar-refractivity contribution is 0.482. The van der Waals surface area contributed by atoms with Gasteiger partial charge in [-0.15, -0.1) is 0 Å². The third-order valence-electron chi connectivity index (χ3n) is 8.96. The van der Waals surface area contributed by atoms with E-state index in [-0.39, 0.29) is 0 Å². The highest BCUT2D eigenvalue weighted by atomic mass is 16.5. The zero-order valence-corrected chi connectivity index (χ0v) is 28.0. The largest absolute Gasteiger partial charge is 0.457 e. The summed E-state index contributed by atoms with van der Waals surface area (Å²) < 4.78 is 10.9. The summed E-state index contributed by atoms with van der Waals surface area (Å²) in [6, 6.07) is 36.3. The first kappa shape index (κ1) is 30.5. The number of ether oxygens (including phenoxy) is 1. The van der Waals surface area contributed by atoms with Crippen molar-refractivity contribution in [2.75, 3.05) is 0 Å². The van der Waals surface area contributed by atoms with Crippen molar-refractivity contribution in [3.05, 3.63) is 132 Å². The van der Waals surface area contributed by atoms with Gasteiger partial charge in [0, 0.05) is 40.4 Å². The van der Waals surface area contributed by atoms with Gasteiger partial charge in [-0.25, -0.2) is 9.67 Å². The van der Waals surface area contributed by atoms with Crippen LogP contribution >= 0.6 is 0 Å². The first-order chi connectivity index (χ1) is 22.9. The summed E-state index contributed by atoms with van der Waals surface area (Å²) in [5.74, 6) is 3.07. The molecule has 0 bridgehead atoms. The second-order valence-corrected chi connectivity index (χ2v) is 13.0. The minimum absolute atomic E-state index is 0.591. The molecular weight excluding hydrogens is 576 g/mol. The van der Waals surface area contributed by atoms with Crippen molar-refractivity contribution in [3.8, 4) is 34.1 Å². The molecule has 0 atom stereocenters. The molecule has 0 aliphatic heterocycles. The van der Waals surface area contributed by atoms with Crippen LogP contribution in [0.2, 0.25) is 0 Å². The van der Waals surface area contributed by atoms with E-state index in [1.54, 1.807) is 0 Å². The van der Waals surface area contributed by atoms with Crippen LogP contribution < -0.4 is 4.74 Å². The molecule has 236 valence electrons. The van der Waals surface area contributed by atoms with E-state index in [4.69, 9.17) is 14.8 Å². The molecule has 4 aromatic carbocycles. The number of hydrogen-bond acceptors (Lipinski definition) is 3. The van der Waals surface area contributed by atoms with Crippen LogP contribution in [0.15, 0.2) is 109 Å². The number of unbranched alkanes of at least 4 members (excludes halogenated alkanes) is 1. The first-order valence-electron chi connectivity index (χ1n) is 16.8. The molecule has 5 nitrogen and oxygen atoms in total. The summed E-state index contributed by atoms with van der Waals surface area (Å²) in [6.45, 7) is 11.0. The van der Waals surface area contributed by atoms with Crippen molar-refractivity contribution in [3.63, 3.8) is 0 Å². The Hall–Kier alpha value is -5.16. The van der Waals surface area contributed by atoms with E-state index in [1.807, 2.05) is 29.1 Å². The molecule has 0 radical (unpaired) electrons. The second kappa shape index (κ2) is 12.9. The number of pyridine rings is 1. The molecule has 0 spiro atoms. The van der Waals surface area contributed by atoms with Crippen LogP contribution in [-0.2, 0) is 12.8 Å². The van der Waals surface area contributed by atoms with Gasteiger partial charge >= 0.3 is 0 Å². The van der Waals surface area contributed by atoms with Crippen molar-refractivity contribution in [2.45, 2.75) is 60.3 Å². The third-order valence-corrected chi connectivity index (χ3v) is 8.96. The van der Waals surface area contributed by atoms with Crippen molar-refractivity contribution in [2.24, 2.45) is 5.92 Å². The number of benzene rings is 4. The average Bonchev–Trinajstić information content (AvgIpc) is 3.56. The van der Waals surface area contributed by atoms with E-state index in [0.29, 0.717) is 5.92 Å². The number of aromatic nitrogens is 4. The summed E-state index contributed by atoms with van der Waals surface area (Å²) in [5, 5.41) is 7.36. The van der Waals surface area contributed by atoms with Crippen molar-refractivity contribution >= 4 is 21.8 Å². The van der Waals surface area contributed by atoms with E-state index < -0.39 is 0 Å². The van der Waals surface area contributed by atoms with Gasteiger partial charge in [0.2, 0.25) is 0 Å². The van der Waals surface area contributed by atoms with Crippen LogP contribution in [-0.4, -0.2) is 19.3 Å². The van der Waals surface area contributed by atoms with Gasteiger partial charge in [-0.05, 0) is 104 Å². The number of aryl methyl sites for hydroxylation is 2. The molecule has 0 unspecified atom stereocenters. The Morgan fingerprint density at radius 3 is 2.38 bits per heavy atom. The van der Waals surface area contributed by atoms with Crippen LogP contribution in [0.5, 0.6) is 11.5 Å². The highest BCUT2D eigenvalue weighted by Crippen LogP contribution is 2.37. The molecule has 47 heavy (non-hydrogen) atoms. The SMILES string of the molecule is CCCCc1ccnc(-n2c3ccc(CC(C)C)cc3c3ccc(Oc4cccc(-n5nc(C)c(-c6ccccc6)c5C)c4)cc32)c1. The monoisotopic (exact) mass is 618 g/mol. The van der Waals surface area contributed by atoms with Crippen molar-refractivity contribution in [1.29, 1.82) is 0 Å². The smallest absolute Gasteiger partial charge is 0.137 e. The van der Waals surface area contributed by atoms with E-state index in [1.165, 1.54) is 39.4 Å². The predicted molar refractivity (Wildman–Crippen MR) is 194 cm³/mol. The average molecular weight is 619 g/mol. The van der Waals surface area contributed by atoms with Crippen molar-refractivity contribution in [1.82, 2.24) is 19.3 Å². The fraction of sp³-hybridized carbons (Fsp3) is 0.238. The molecule has 0 amide bonds. The molecular formula is C42H42N4O. The predicted octanol–water partition coefficient (Wildman–Crippen LogP) is 11.0. The van der Waals surface area contributed by atoms with Gasteiger partial charge < -0.3 is 4.74 Å². The minimum Gasteiger partial charge on any atom is -0.457 e. The Labute approximate surface area is 277 Å². The zero-order valence-electron chi connectivity index (χ0n) is 28.0. The maximum atomic E-state index is 6.58. The van der Waals surface area contributed by atoms with E-state index in [2.05, 4.69) is 124 Å². The Balaban J connectivity index is 1.29. The van der Waals surface area contributed by atoms with Crippen LogP contribution in [0.4, 0.5) is 0 Å². The Bertz CT molecular complexity index is 2190. The Morgan fingerprint density at radius 1 is 0.745 bits per heavy atom. The third kappa shape index (κ3) is 6.06. The highest BCUT2D eigenvalue weighted by molar-refractivity contribution is 6.09. The van der Waals surface area contributed by atoms with E-state index in [9.17, 15) is 0 Å². The van der Waals surface area contributed by atoms with Crippen LogP contribution in [0.1, 0.15) is 56.1 Å². The minimum atomic E-state index is 0.591. The van der Waals surface area contributed by atoms with Gasteiger partial charge in [-0.2, -0.15) is 5.10 Å². The number of fused-ring (bicyclic) bond motifs is 3. The van der Waals surface area contributed by atoms with Gasteiger partial charge in [0.1, 0.15) is 17.3 Å². The maximum Gasteiger partial charge on any atom is 0.137 e. The molecule has 5 heteroatoms. The van der Waals surface area contributed by atoms with Gasteiger partial charge in [0.05, 0.1) is 22.4 Å². The fourth-order valence-corrected chi connectivity index (χ4v) is 6.81. The molecule has 0 saturated heterocycles. The summed E-state index contributed by atoms with van der Waals surface area (Å²) in [7, 11) is 0. The van der Waals surface area contributed by atoms with Crippen LogP contribution in [0, 0.1) is 19.8 Å². The molecule has 3 heterocycles. The summed E-state index contributed by atoms with van der Waals surface area (Å²) in [4.78, 5) is 4.87. The standard InChI is InChI=1S/C42H42N4O/c1-6-7-12-31-21-22-43-41(25-31)45-39-20-17-32(23-28(2)3)24-38(39)37-19-18-36(27-40(37)45)47-35-16-11-15-34(26-35)46-30(5)42(29(4)44-46)33-13-9-8-10-14-33/h8-11,13-22,24-28H,6-7,12,23H2,1-5H3. The highest BCUT2D eigenvalue weighted by Gasteiger charge is 2.17. The number of hydrogen-bond donors (Lipinski definition) is 0. The molecule has 7 aromatic rings. The van der Waals surface area contributed by atoms with Gasteiger partial charge in [-0.3, -0.25) is 4.57 Å². The van der Waals surface area contributed by atoms with Gasteiger partial charge in [-0.1, -0.05) is 69.7 Å². The Morgan fingerprint density at radius 2 is 1.57 bits per heavy atom. The molecule has 0 fully saturated rings. The van der Waals surface area contributed by atoms with E-state index >= 15 is 0 Å². The van der Waals surface area contributed by atoms with E-state index in [0.717, 1.165) is 64.7 Å². The first-order valence-corrected chi connectivity index (χ1v) is 16.8. The second-order valence-electron chi connectivity index (χ2n) is 13.0. The molecule has 7 rings (SSSR count). The van der Waals surface area contributed by atoms with Crippen LogP contribution in [0.3, 0.4) is 0 Å². The van der Waals surface area contributed by atoms with Crippen LogP contribution in [0.25, 0.3) is 44.4 Å². The summed E-state index contributed by atoms with van der Waals surface area (Å²) in [6.07, 6.45) is 6.37. The summed E-state index contributed by atoms with van der Waals surface area (Å²) in [5.41, 5.74) is 10.3. The van der Waals surface area contributed by atoms with Crippen molar-refractivity contribution < 1.29 is 4.74 Å². The number of rotatable bonds is 10. The lowest BCUT2D eigenvalue weighted by atomic mass is 10.0.